The smallest absolute Gasteiger partial charge is 0.322 e. The van der Waals surface area contributed by atoms with Gasteiger partial charge < -0.3 is 15.0 Å². The lowest BCUT2D eigenvalue weighted by molar-refractivity contribution is 0.00772. The number of ether oxygens (including phenoxy) is 1. The maximum atomic E-state index is 13.2. The molecule has 0 radical (unpaired) electrons. The Balaban J connectivity index is 1.72. The third-order valence-corrected chi connectivity index (χ3v) is 4.45. The Morgan fingerprint density at radius 3 is 3.00 bits per heavy atom. The van der Waals surface area contributed by atoms with Crippen LogP contribution in [0.1, 0.15) is 12.8 Å². The third-order valence-electron chi connectivity index (χ3n) is 3.76. The average Bonchev–Trinajstić information content (AvgIpc) is 3.27. The zero-order valence-corrected chi connectivity index (χ0v) is 12.5. The van der Waals surface area contributed by atoms with Crippen molar-refractivity contribution in [2.24, 2.45) is 5.92 Å². The zero-order chi connectivity index (χ0) is 14.1. The number of anilines is 1. The Kier molecular flexibility index (Phi) is 3.94. The van der Waals surface area contributed by atoms with Crippen LogP contribution in [0.3, 0.4) is 0 Å². The number of morpholine rings is 1. The Bertz CT molecular complexity index is 522. The molecule has 1 aromatic carbocycles. The van der Waals surface area contributed by atoms with Crippen LogP contribution in [0.2, 0.25) is 0 Å². The first-order valence-electron chi connectivity index (χ1n) is 6.75. The van der Waals surface area contributed by atoms with Gasteiger partial charge in [0.1, 0.15) is 5.82 Å². The fraction of sp³-hybridized carbons (Fsp3) is 0.500. The molecule has 1 aromatic rings. The number of nitrogens with one attached hydrogen (secondary N) is 1. The zero-order valence-electron chi connectivity index (χ0n) is 10.9. The monoisotopic (exact) mass is 342 g/mol. The highest BCUT2D eigenvalue weighted by Crippen LogP contribution is 2.36. The number of benzene rings is 1. The van der Waals surface area contributed by atoms with Crippen LogP contribution in [0, 0.1) is 11.7 Å². The Morgan fingerprint density at radius 1 is 1.45 bits per heavy atom. The van der Waals surface area contributed by atoms with Gasteiger partial charge in [-0.05, 0) is 52.9 Å². The van der Waals surface area contributed by atoms with Gasteiger partial charge >= 0.3 is 6.03 Å². The summed E-state index contributed by atoms with van der Waals surface area (Å²) in [5.74, 6) is 0.182. The lowest BCUT2D eigenvalue weighted by Crippen LogP contribution is -2.51. The van der Waals surface area contributed by atoms with Gasteiger partial charge in [0.2, 0.25) is 0 Å². The van der Waals surface area contributed by atoms with E-state index in [1.54, 1.807) is 6.07 Å². The van der Waals surface area contributed by atoms with Gasteiger partial charge in [-0.3, -0.25) is 0 Å². The quantitative estimate of drug-likeness (QED) is 0.896. The largest absolute Gasteiger partial charge is 0.377 e. The maximum absolute atomic E-state index is 13.2. The van der Waals surface area contributed by atoms with Crippen LogP contribution >= 0.6 is 15.9 Å². The summed E-state index contributed by atoms with van der Waals surface area (Å²) in [5.41, 5.74) is 0.455. The molecule has 1 saturated heterocycles. The van der Waals surface area contributed by atoms with Gasteiger partial charge in [0.05, 0.1) is 24.9 Å². The number of amides is 2. The molecule has 2 fully saturated rings. The second-order valence-electron chi connectivity index (χ2n) is 5.23. The van der Waals surface area contributed by atoms with Crippen molar-refractivity contribution in [1.82, 2.24) is 4.90 Å². The first-order valence-corrected chi connectivity index (χ1v) is 7.55. The van der Waals surface area contributed by atoms with Crippen LogP contribution in [-0.2, 0) is 4.74 Å². The summed E-state index contributed by atoms with van der Waals surface area (Å²) in [5, 5.41) is 2.78. The molecule has 20 heavy (non-hydrogen) atoms. The topological polar surface area (TPSA) is 41.6 Å². The molecule has 1 aliphatic carbocycles. The molecule has 0 bridgehead atoms. The van der Waals surface area contributed by atoms with Crippen LogP contribution in [0.25, 0.3) is 0 Å². The van der Waals surface area contributed by atoms with Gasteiger partial charge in [-0.25, -0.2) is 9.18 Å². The highest BCUT2D eigenvalue weighted by atomic mass is 79.9. The van der Waals surface area contributed by atoms with Crippen molar-refractivity contribution in [2.45, 2.75) is 18.9 Å². The van der Waals surface area contributed by atoms with E-state index in [1.165, 1.54) is 12.1 Å². The number of hydrogen-bond acceptors (Lipinski definition) is 2. The highest BCUT2D eigenvalue weighted by molar-refractivity contribution is 9.10. The van der Waals surface area contributed by atoms with E-state index >= 15 is 0 Å². The second kappa shape index (κ2) is 5.69. The van der Waals surface area contributed by atoms with E-state index in [-0.39, 0.29) is 17.9 Å². The van der Waals surface area contributed by atoms with Crippen molar-refractivity contribution in [3.05, 3.63) is 28.5 Å². The van der Waals surface area contributed by atoms with Crippen LogP contribution in [0.15, 0.2) is 22.7 Å². The molecular weight excluding hydrogens is 327 g/mol. The summed E-state index contributed by atoms with van der Waals surface area (Å²) >= 11 is 3.31. The van der Waals surface area contributed by atoms with Crippen LogP contribution in [-0.4, -0.2) is 36.7 Å². The predicted octanol–water partition coefficient (Wildman–Crippen LogP) is 3.23. The SMILES string of the molecule is O=C(Nc1cc(F)ccc1Br)N1CCOC[C@@H]1C1CC1. The number of hydrogen-bond donors (Lipinski definition) is 1. The molecule has 4 nitrogen and oxygen atoms in total. The van der Waals surface area contributed by atoms with Gasteiger partial charge in [0.15, 0.2) is 0 Å². The fourth-order valence-electron chi connectivity index (χ4n) is 2.53. The number of carbonyl (C=O) groups excluding carboxylic acids is 1. The van der Waals surface area contributed by atoms with E-state index in [2.05, 4.69) is 21.2 Å². The Morgan fingerprint density at radius 2 is 2.25 bits per heavy atom. The van der Waals surface area contributed by atoms with Gasteiger partial charge in [0.25, 0.3) is 0 Å². The third kappa shape index (κ3) is 2.96. The maximum Gasteiger partial charge on any atom is 0.322 e. The molecule has 2 amide bonds. The summed E-state index contributed by atoms with van der Waals surface area (Å²) in [7, 11) is 0. The summed E-state index contributed by atoms with van der Waals surface area (Å²) in [6, 6.07) is 4.21. The lowest BCUT2D eigenvalue weighted by Gasteiger charge is -2.35. The van der Waals surface area contributed by atoms with Crippen molar-refractivity contribution >= 4 is 27.6 Å². The minimum absolute atomic E-state index is 0.149. The summed E-state index contributed by atoms with van der Waals surface area (Å²) in [6.45, 7) is 1.74. The molecule has 1 atom stereocenters. The molecule has 1 N–H and O–H groups in total. The summed E-state index contributed by atoms with van der Waals surface area (Å²) in [4.78, 5) is 14.2. The summed E-state index contributed by atoms with van der Waals surface area (Å²) in [6.07, 6.45) is 2.31. The molecule has 0 unspecified atom stereocenters. The molecule has 1 saturated carbocycles. The van der Waals surface area contributed by atoms with Gasteiger partial charge in [-0.15, -0.1) is 0 Å². The van der Waals surface area contributed by atoms with E-state index < -0.39 is 0 Å². The molecule has 108 valence electrons. The predicted molar refractivity (Wildman–Crippen MR) is 77.2 cm³/mol. The first kappa shape index (κ1) is 13.8. The molecule has 6 heteroatoms. The standard InChI is InChI=1S/C14H16BrFN2O2/c15-11-4-3-10(16)7-12(11)17-14(19)18-5-6-20-8-13(18)9-1-2-9/h3-4,7,9,13H,1-2,5-6,8H2,(H,17,19)/t13-/m1/s1. The molecule has 2 aliphatic rings. The van der Waals surface area contributed by atoms with E-state index in [0.29, 0.717) is 35.8 Å². The second-order valence-corrected chi connectivity index (χ2v) is 6.08. The molecular formula is C14H16BrFN2O2. The molecule has 1 heterocycles. The molecule has 0 spiro atoms. The van der Waals surface area contributed by atoms with Crippen molar-refractivity contribution in [2.75, 3.05) is 25.1 Å². The number of carbonyl (C=O) groups is 1. The van der Waals surface area contributed by atoms with Crippen LogP contribution < -0.4 is 5.32 Å². The lowest BCUT2D eigenvalue weighted by atomic mass is 10.1. The molecule has 3 rings (SSSR count). The number of urea groups is 1. The number of halogens is 2. The van der Waals surface area contributed by atoms with Crippen molar-refractivity contribution in [1.29, 1.82) is 0 Å². The molecule has 1 aliphatic heterocycles. The average molecular weight is 343 g/mol. The Hall–Kier alpha value is -1.14. The Labute approximate surface area is 125 Å². The van der Waals surface area contributed by atoms with Crippen LogP contribution in [0.5, 0.6) is 0 Å². The minimum Gasteiger partial charge on any atom is -0.377 e. The van der Waals surface area contributed by atoms with E-state index in [4.69, 9.17) is 4.74 Å². The van der Waals surface area contributed by atoms with Crippen molar-refractivity contribution in [3.8, 4) is 0 Å². The summed E-state index contributed by atoms with van der Waals surface area (Å²) < 4.78 is 19.4. The number of nitrogens with zero attached hydrogens (tertiary/aromatic N) is 1. The number of rotatable bonds is 2. The normalized spacial score (nSPS) is 22.7. The van der Waals surface area contributed by atoms with E-state index in [9.17, 15) is 9.18 Å². The van der Waals surface area contributed by atoms with Gasteiger partial charge in [-0.2, -0.15) is 0 Å². The van der Waals surface area contributed by atoms with Crippen LogP contribution in [0.4, 0.5) is 14.9 Å². The van der Waals surface area contributed by atoms with Crippen molar-refractivity contribution < 1.29 is 13.9 Å². The van der Waals surface area contributed by atoms with Gasteiger partial charge in [0, 0.05) is 11.0 Å². The highest BCUT2D eigenvalue weighted by Gasteiger charge is 2.39. The first-order chi connectivity index (χ1) is 9.65. The van der Waals surface area contributed by atoms with Crippen molar-refractivity contribution in [3.63, 3.8) is 0 Å². The minimum atomic E-state index is -0.371. The fourth-order valence-corrected chi connectivity index (χ4v) is 2.87. The molecule has 0 aromatic heterocycles. The van der Waals surface area contributed by atoms with Gasteiger partial charge in [-0.1, -0.05) is 0 Å². The van der Waals surface area contributed by atoms with E-state index in [1.807, 2.05) is 4.90 Å². The van der Waals surface area contributed by atoms with E-state index in [0.717, 1.165) is 12.8 Å².